The third kappa shape index (κ3) is 4.19. The van der Waals surface area contributed by atoms with E-state index in [2.05, 4.69) is 49.5 Å². The molecule has 0 aliphatic heterocycles. The molecule has 2 unspecified atom stereocenters. The fourth-order valence-electron chi connectivity index (χ4n) is 2.64. The summed E-state index contributed by atoms with van der Waals surface area (Å²) in [6, 6.07) is 13.4. The number of aliphatic hydroxyl groups excluding tert-OH is 1. The van der Waals surface area contributed by atoms with Crippen LogP contribution in [-0.4, -0.2) is 24.9 Å². The summed E-state index contributed by atoms with van der Waals surface area (Å²) in [6.07, 6.45) is 1.84. The van der Waals surface area contributed by atoms with Gasteiger partial charge in [-0.1, -0.05) is 18.2 Å². The predicted octanol–water partition coefficient (Wildman–Crippen LogP) is 3.66. The molecular formula is C18H25NO2. The molecule has 0 heterocycles. The highest BCUT2D eigenvalue weighted by molar-refractivity contribution is 5.84. The smallest absolute Gasteiger partial charge is 0.119 e. The maximum absolute atomic E-state index is 8.89. The van der Waals surface area contributed by atoms with Crippen molar-refractivity contribution < 1.29 is 9.84 Å². The summed E-state index contributed by atoms with van der Waals surface area (Å²) < 4.78 is 5.26. The van der Waals surface area contributed by atoms with E-state index in [9.17, 15) is 0 Å². The van der Waals surface area contributed by atoms with Gasteiger partial charge in [-0.15, -0.1) is 0 Å². The lowest BCUT2D eigenvalue weighted by molar-refractivity contribution is 0.274. The van der Waals surface area contributed by atoms with Crippen LogP contribution in [0.5, 0.6) is 5.75 Å². The minimum absolute atomic E-state index is 0.262. The highest BCUT2D eigenvalue weighted by atomic mass is 16.5. The summed E-state index contributed by atoms with van der Waals surface area (Å²) in [5, 5.41) is 14.9. The van der Waals surface area contributed by atoms with Crippen molar-refractivity contribution in [3.8, 4) is 5.75 Å². The van der Waals surface area contributed by atoms with Crippen LogP contribution in [0.25, 0.3) is 10.8 Å². The monoisotopic (exact) mass is 287 g/mol. The zero-order valence-electron chi connectivity index (χ0n) is 13.1. The van der Waals surface area contributed by atoms with Crippen LogP contribution in [0.1, 0.15) is 38.3 Å². The van der Waals surface area contributed by atoms with Gasteiger partial charge in [-0.2, -0.15) is 0 Å². The number of methoxy groups -OCH3 is 1. The van der Waals surface area contributed by atoms with Gasteiger partial charge in [0, 0.05) is 18.7 Å². The molecule has 0 aliphatic carbocycles. The second-order valence-corrected chi connectivity index (χ2v) is 5.63. The van der Waals surface area contributed by atoms with Gasteiger partial charge < -0.3 is 15.2 Å². The van der Waals surface area contributed by atoms with E-state index >= 15 is 0 Å². The molecule has 3 nitrogen and oxygen atoms in total. The quantitative estimate of drug-likeness (QED) is 0.816. The lowest BCUT2D eigenvalue weighted by atomic mass is 10.0. The average molecular weight is 287 g/mol. The summed E-state index contributed by atoms with van der Waals surface area (Å²) in [7, 11) is 1.69. The Labute approximate surface area is 126 Å². The van der Waals surface area contributed by atoms with Crippen molar-refractivity contribution in [2.24, 2.45) is 0 Å². The standard InChI is InChI=1S/C18H25NO2/c1-13(5-4-10-20)19-14(2)15-6-7-17-12-18(21-3)9-8-16(17)11-15/h6-9,11-14,19-20H,4-5,10H2,1-3H3. The third-order valence-electron chi connectivity index (χ3n) is 3.90. The average Bonchev–Trinajstić information content (AvgIpc) is 2.51. The van der Waals surface area contributed by atoms with E-state index in [4.69, 9.17) is 9.84 Å². The molecule has 114 valence electrons. The van der Waals surface area contributed by atoms with Gasteiger partial charge in [0.1, 0.15) is 5.75 Å². The van der Waals surface area contributed by atoms with Crippen molar-refractivity contribution in [3.63, 3.8) is 0 Å². The molecule has 0 saturated carbocycles. The molecule has 0 aliphatic rings. The molecule has 0 bridgehead atoms. The zero-order valence-corrected chi connectivity index (χ0v) is 13.1. The van der Waals surface area contributed by atoms with Gasteiger partial charge in [0.15, 0.2) is 0 Å². The number of ether oxygens (including phenoxy) is 1. The highest BCUT2D eigenvalue weighted by Crippen LogP contribution is 2.24. The molecule has 2 N–H and O–H groups in total. The van der Waals surface area contributed by atoms with Crippen molar-refractivity contribution in [1.29, 1.82) is 0 Å². The van der Waals surface area contributed by atoms with Gasteiger partial charge in [-0.3, -0.25) is 0 Å². The Morgan fingerprint density at radius 2 is 1.81 bits per heavy atom. The van der Waals surface area contributed by atoms with Crippen molar-refractivity contribution in [1.82, 2.24) is 5.32 Å². The third-order valence-corrected chi connectivity index (χ3v) is 3.90. The van der Waals surface area contributed by atoms with E-state index in [1.54, 1.807) is 7.11 Å². The topological polar surface area (TPSA) is 41.5 Å². The largest absolute Gasteiger partial charge is 0.497 e. The van der Waals surface area contributed by atoms with Crippen LogP contribution in [0, 0.1) is 0 Å². The molecule has 0 fully saturated rings. The van der Waals surface area contributed by atoms with Gasteiger partial charge in [0.05, 0.1) is 7.11 Å². The van der Waals surface area contributed by atoms with Crippen LogP contribution < -0.4 is 10.1 Å². The van der Waals surface area contributed by atoms with Gasteiger partial charge in [0.25, 0.3) is 0 Å². The molecule has 2 aromatic rings. The van der Waals surface area contributed by atoms with Gasteiger partial charge in [-0.05, 0) is 61.2 Å². The Morgan fingerprint density at radius 1 is 1.10 bits per heavy atom. The number of aliphatic hydroxyl groups is 1. The summed E-state index contributed by atoms with van der Waals surface area (Å²) in [5.74, 6) is 0.888. The Kier molecular flexibility index (Phi) is 5.59. The Bertz CT molecular complexity index is 582. The molecule has 21 heavy (non-hydrogen) atoms. The van der Waals surface area contributed by atoms with Crippen LogP contribution >= 0.6 is 0 Å². The summed E-state index contributed by atoms with van der Waals surface area (Å²) in [6.45, 7) is 4.61. The normalized spacial score (nSPS) is 14.1. The predicted molar refractivity (Wildman–Crippen MR) is 87.8 cm³/mol. The second kappa shape index (κ2) is 7.43. The van der Waals surface area contributed by atoms with Gasteiger partial charge in [-0.25, -0.2) is 0 Å². The summed E-state index contributed by atoms with van der Waals surface area (Å²) in [4.78, 5) is 0. The Balaban J connectivity index is 2.11. The SMILES string of the molecule is COc1ccc2cc(C(C)NC(C)CCCO)ccc2c1. The van der Waals surface area contributed by atoms with Crippen LogP contribution in [0.4, 0.5) is 0 Å². The molecule has 3 heteroatoms. The van der Waals surface area contributed by atoms with E-state index in [1.165, 1.54) is 16.3 Å². The summed E-state index contributed by atoms with van der Waals surface area (Å²) in [5.41, 5.74) is 1.28. The number of benzene rings is 2. The second-order valence-electron chi connectivity index (χ2n) is 5.63. The first-order valence-electron chi connectivity index (χ1n) is 7.58. The number of hydrogen-bond donors (Lipinski definition) is 2. The molecular weight excluding hydrogens is 262 g/mol. The highest BCUT2D eigenvalue weighted by Gasteiger charge is 2.10. The lowest BCUT2D eigenvalue weighted by Crippen LogP contribution is -2.29. The van der Waals surface area contributed by atoms with Crippen LogP contribution in [0.3, 0.4) is 0 Å². The molecule has 2 aromatic carbocycles. The first-order chi connectivity index (χ1) is 10.1. The van der Waals surface area contributed by atoms with E-state index < -0.39 is 0 Å². The molecule has 0 amide bonds. The zero-order chi connectivity index (χ0) is 15.2. The van der Waals surface area contributed by atoms with Crippen LogP contribution in [0.15, 0.2) is 36.4 Å². The van der Waals surface area contributed by atoms with E-state index in [1.807, 2.05) is 6.07 Å². The minimum atomic E-state index is 0.262. The summed E-state index contributed by atoms with van der Waals surface area (Å²) >= 11 is 0. The van der Waals surface area contributed by atoms with E-state index in [0.717, 1.165) is 18.6 Å². The lowest BCUT2D eigenvalue weighted by Gasteiger charge is -2.20. The molecule has 0 radical (unpaired) electrons. The fraction of sp³-hybridized carbons (Fsp3) is 0.444. The van der Waals surface area contributed by atoms with E-state index in [0.29, 0.717) is 12.1 Å². The van der Waals surface area contributed by atoms with Crippen molar-refractivity contribution in [2.45, 2.75) is 38.8 Å². The van der Waals surface area contributed by atoms with Gasteiger partial charge >= 0.3 is 0 Å². The Morgan fingerprint density at radius 3 is 2.52 bits per heavy atom. The molecule has 2 atom stereocenters. The van der Waals surface area contributed by atoms with Crippen LogP contribution in [-0.2, 0) is 0 Å². The van der Waals surface area contributed by atoms with Gasteiger partial charge in [0.2, 0.25) is 0 Å². The minimum Gasteiger partial charge on any atom is -0.497 e. The first kappa shape index (κ1) is 15.8. The van der Waals surface area contributed by atoms with Crippen molar-refractivity contribution in [2.75, 3.05) is 13.7 Å². The van der Waals surface area contributed by atoms with Crippen molar-refractivity contribution in [3.05, 3.63) is 42.0 Å². The Hall–Kier alpha value is -1.58. The maximum atomic E-state index is 8.89. The maximum Gasteiger partial charge on any atom is 0.119 e. The molecule has 0 spiro atoms. The number of hydrogen-bond acceptors (Lipinski definition) is 3. The van der Waals surface area contributed by atoms with Crippen LogP contribution in [0.2, 0.25) is 0 Å². The number of nitrogens with one attached hydrogen (secondary N) is 1. The van der Waals surface area contributed by atoms with E-state index in [-0.39, 0.29) is 6.61 Å². The molecule has 0 aromatic heterocycles. The number of rotatable bonds is 7. The fourth-order valence-corrected chi connectivity index (χ4v) is 2.64. The molecule has 0 saturated heterocycles. The number of fused-ring (bicyclic) bond motifs is 1. The first-order valence-corrected chi connectivity index (χ1v) is 7.58. The van der Waals surface area contributed by atoms with Crippen molar-refractivity contribution >= 4 is 10.8 Å². The molecule has 2 rings (SSSR count).